The molecule has 0 aliphatic rings. The highest BCUT2D eigenvalue weighted by Gasteiger charge is 2.21. The van der Waals surface area contributed by atoms with Crippen molar-refractivity contribution in [1.29, 1.82) is 0 Å². The van der Waals surface area contributed by atoms with E-state index in [2.05, 4.69) is 20.8 Å². The van der Waals surface area contributed by atoms with Crippen molar-refractivity contribution >= 4 is 5.78 Å². The molecule has 0 aliphatic carbocycles. The number of hydrogen-bond acceptors (Lipinski definition) is 2. The van der Waals surface area contributed by atoms with Crippen LogP contribution in [0.15, 0.2) is 16.9 Å². The summed E-state index contributed by atoms with van der Waals surface area (Å²) >= 11 is 0. The average molecular weight is 166 g/mol. The van der Waals surface area contributed by atoms with Gasteiger partial charge in [-0.05, 0) is 12.3 Å². The van der Waals surface area contributed by atoms with E-state index >= 15 is 0 Å². The summed E-state index contributed by atoms with van der Waals surface area (Å²) in [6.07, 6.45) is 3.17. The number of furan rings is 1. The highest BCUT2D eigenvalue weighted by atomic mass is 16.3. The van der Waals surface area contributed by atoms with Crippen molar-refractivity contribution in [2.45, 2.75) is 33.1 Å². The first-order chi connectivity index (χ1) is 5.43. The zero-order valence-electron chi connectivity index (χ0n) is 7.97. The number of carbonyl (C=O) groups excluding carboxylic acids is 1. The molecule has 0 N–H and O–H groups in total. The minimum Gasteiger partial charge on any atom is -0.472 e. The summed E-state index contributed by atoms with van der Waals surface area (Å²) in [7, 11) is 0. The Morgan fingerprint density at radius 1 is 1.33 bits per heavy atom. The summed E-state index contributed by atoms with van der Waals surface area (Å²) in [4.78, 5) is 11.1. The minimum absolute atomic E-state index is 0.0198. The van der Waals surface area contributed by atoms with Crippen LogP contribution in [0.25, 0.3) is 0 Å². The van der Waals surface area contributed by atoms with Crippen molar-refractivity contribution in [3.63, 3.8) is 0 Å². The molecule has 0 spiro atoms. The number of ketones is 1. The molecule has 0 fully saturated rings. The standard InChI is InChI=1S/C10H14O2/c1-7(11)8-5-12-6-9(8)10(2,3)4/h5-6H,1-4H3. The predicted octanol–water partition coefficient (Wildman–Crippen LogP) is 2.78. The van der Waals surface area contributed by atoms with Gasteiger partial charge in [0.05, 0.1) is 11.8 Å². The lowest BCUT2D eigenvalue weighted by Gasteiger charge is -2.17. The Bertz CT molecular complexity index is 289. The molecule has 0 aliphatic heterocycles. The average Bonchev–Trinajstić information content (AvgIpc) is 2.30. The lowest BCUT2D eigenvalue weighted by atomic mass is 9.85. The zero-order chi connectivity index (χ0) is 9.35. The second-order valence-corrected chi connectivity index (χ2v) is 4.01. The highest BCUT2D eigenvalue weighted by molar-refractivity contribution is 5.95. The van der Waals surface area contributed by atoms with E-state index < -0.39 is 0 Å². The Balaban J connectivity index is 3.17. The fourth-order valence-electron chi connectivity index (χ4n) is 1.15. The van der Waals surface area contributed by atoms with E-state index in [1.807, 2.05) is 0 Å². The van der Waals surface area contributed by atoms with Crippen LogP contribution in [0.1, 0.15) is 43.6 Å². The van der Waals surface area contributed by atoms with E-state index in [4.69, 9.17) is 4.42 Å². The Morgan fingerprint density at radius 3 is 2.25 bits per heavy atom. The summed E-state index contributed by atoms with van der Waals surface area (Å²) < 4.78 is 5.01. The van der Waals surface area contributed by atoms with Gasteiger partial charge in [-0.3, -0.25) is 4.79 Å². The maximum atomic E-state index is 11.1. The van der Waals surface area contributed by atoms with Crippen molar-refractivity contribution in [2.75, 3.05) is 0 Å². The molecule has 0 amide bonds. The maximum absolute atomic E-state index is 11.1. The molecule has 1 rings (SSSR count). The molecule has 1 aromatic rings. The van der Waals surface area contributed by atoms with Gasteiger partial charge in [0.1, 0.15) is 6.26 Å². The number of Topliss-reactive ketones (excluding diaryl/α,β-unsaturated/α-hetero) is 1. The summed E-state index contributed by atoms with van der Waals surface area (Å²) in [5, 5.41) is 0. The first kappa shape index (κ1) is 9.04. The van der Waals surface area contributed by atoms with Crippen LogP contribution in [0.2, 0.25) is 0 Å². The van der Waals surface area contributed by atoms with E-state index in [1.165, 1.54) is 6.26 Å². The van der Waals surface area contributed by atoms with E-state index in [-0.39, 0.29) is 11.2 Å². The Labute approximate surface area is 72.6 Å². The van der Waals surface area contributed by atoms with E-state index in [0.29, 0.717) is 5.56 Å². The normalized spacial score (nSPS) is 11.7. The highest BCUT2D eigenvalue weighted by Crippen LogP contribution is 2.26. The quantitative estimate of drug-likeness (QED) is 0.600. The predicted molar refractivity (Wildman–Crippen MR) is 47.4 cm³/mol. The van der Waals surface area contributed by atoms with Crippen LogP contribution in [-0.2, 0) is 5.41 Å². The molecule has 0 unspecified atom stereocenters. The van der Waals surface area contributed by atoms with Gasteiger partial charge in [0.15, 0.2) is 5.78 Å². The fourth-order valence-corrected chi connectivity index (χ4v) is 1.15. The second kappa shape index (κ2) is 2.77. The number of carbonyl (C=O) groups is 1. The van der Waals surface area contributed by atoms with Gasteiger partial charge < -0.3 is 4.42 Å². The van der Waals surface area contributed by atoms with Crippen LogP contribution in [-0.4, -0.2) is 5.78 Å². The van der Waals surface area contributed by atoms with Crippen LogP contribution < -0.4 is 0 Å². The van der Waals surface area contributed by atoms with E-state index in [9.17, 15) is 4.79 Å². The first-order valence-corrected chi connectivity index (χ1v) is 4.00. The Hall–Kier alpha value is -1.05. The number of hydrogen-bond donors (Lipinski definition) is 0. The van der Waals surface area contributed by atoms with E-state index in [1.54, 1.807) is 13.2 Å². The van der Waals surface area contributed by atoms with Gasteiger partial charge in [-0.2, -0.15) is 0 Å². The van der Waals surface area contributed by atoms with Gasteiger partial charge in [-0.25, -0.2) is 0 Å². The zero-order valence-corrected chi connectivity index (χ0v) is 7.97. The van der Waals surface area contributed by atoms with Crippen LogP contribution >= 0.6 is 0 Å². The van der Waals surface area contributed by atoms with Crippen LogP contribution in [0, 0.1) is 0 Å². The van der Waals surface area contributed by atoms with Crippen molar-refractivity contribution in [3.8, 4) is 0 Å². The maximum Gasteiger partial charge on any atom is 0.163 e. The molecular weight excluding hydrogens is 152 g/mol. The largest absolute Gasteiger partial charge is 0.472 e. The van der Waals surface area contributed by atoms with E-state index in [0.717, 1.165) is 5.56 Å². The van der Waals surface area contributed by atoms with Crippen LogP contribution in [0.3, 0.4) is 0 Å². The van der Waals surface area contributed by atoms with Crippen LogP contribution in [0.4, 0.5) is 0 Å². The third kappa shape index (κ3) is 1.58. The Morgan fingerprint density at radius 2 is 1.92 bits per heavy atom. The van der Waals surface area contributed by atoms with Crippen molar-refractivity contribution in [1.82, 2.24) is 0 Å². The molecule has 0 aromatic carbocycles. The third-order valence-electron chi connectivity index (χ3n) is 1.85. The molecule has 0 bridgehead atoms. The molecule has 2 nitrogen and oxygen atoms in total. The van der Waals surface area contributed by atoms with Gasteiger partial charge in [-0.15, -0.1) is 0 Å². The van der Waals surface area contributed by atoms with Gasteiger partial charge >= 0.3 is 0 Å². The van der Waals surface area contributed by atoms with Gasteiger partial charge in [-0.1, -0.05) is 20.8 Å². The molecule has 0 atom stereocenters. The lowest BCUT2D eigenvalue weighted by Crippen LogP contribution is -2.13. The monoisotopic (exact) mass is 166 g/mol. The topological polar surface area (TPSA) is 30.2 Å². The van der Waals surface area contributed by atoms with Gasteiger partial charge in [0.25, 0.3) is 0 Å². The van der Waals surface area contributed by atoms with Gasteiger partial charge in [0.2, 0.25) is 0 Å². The summed E-state index contributed by atoms with van der Waals surface area (Å²) in [6, 6.07) is 0. The van der Waals surface area contributed by atoms with Crippen molar-refractivity contribution in [2.24, 2.45) is 0 Å². The Kier molecular flexibility index (Phi) is 2.09. The summed E-state index contributed by atoms with van der Waals surface area (Å²) in [6.45, 7) is 7.74. The van der Waals surface area contributed by atoms with Gasteiger partial charge in [0, 0.05) is 5.56 Å². The smallest absolute Gasteiger partial charge is 0.163 e. The second-order valence-electron chi connectivity index (χ2n) is 4.01. The minimum atomic E-state index is -0.0198. The molecule has 1 aromatic heterocycles. The summed E-state index contributed by atoms with van der Waals surface area (Å²) in [5.41, 5.74) is 1.66. The van der Waals surface area contributed by atoms with Crippen molar-refractivity contribution < 1.29 is 9.21 Å². The molecule has 0 saturated carbocycles. The molecule has 1 heterocycles. The first-order valence-electron chi connectivity index (χ1n) is 4.00. The molecule has 0 radical (unpaired) electrons. The lowest BCUT2D eigenvalue weighted by molar-refractivity contribution is 0.101. The van der Waals surface area contributed by atoms with Crippen LogP contribution in [0.5, 0.6) is 0 Å². The fraction of sp³-hybridized carbons (Fsp3) is 0.500. The molecule has 2 heteroatoms. The van der Waals surface area contributed by atoms with Crippen molar-refractivity contribution in [3.05, 3.63) is 23.7 Å². The SMILES string of the molecule is CC(=O)c1cocc1C(C)(C)C. The molecule has 66 valence electrons. The summed E-state index contributed by atoms with van der Waals surface area (Å²) in [5.74, 6) is 0.0636. The molecular formula is C10H14O2. The number of rotatable bonds is 1. The molecule has 0 saturated heterocycles. The molecule has 12 heavy (non-hydrogen) atoms. The third-order valence-corrected chi connectivity index (χ3v) is 1.85.